The molecule has 0 fully saturated rings. The van der Waals surface area contributed by atoms with Crippen LogP contribution in [-0.2, 0) is 6.54 Å². The number of rotatable bonds is 4. The van der Waals surface area contributed by atoms with Crippen LogP contribution in [0.25, 0.3) is 0 Å². The summed E-state index contributed by atoms with van der Waals surface area (Å²) in [5.41, 5.74) is 2.84. The Morgan fingerprint density at radius 3 is 2.94 bits per heavy atom. The SMILES string of the molecule is CC(NCc1cncs1)c1cccc(Cl)c1Cl. The van der Waals surface area contributed by atoms with Crippen LogP contribution in [0.5, 0.6) is 0 Å². The van der Waals surface area contributed by atoms with E-state index in [2.05, 4.69) is 17.2 Å². The Hall–Kier alpha value is -0.610. The van der Waals surface area contributed by atoms with Crippen molar-refractivity contribution in [3.05, 3.63) is 50.4 Å². The number of hydrogen-bond acceptors (Lipinski definition) is 3. The van der Waals surface area contributed by atoms with Crippen LogP contribution in [0.2, 0.25) is 10.0 Å². The van der Waals surface area contributed by atoms with Crippen LogP contribution in [0.1, 0.15) is 23.4 Å². The third-order valence-electron chi connectivity index (χ3n) is 2.51. The molecule has 0 bridgehead atoms. The van der Waals surface area contributed by atoms with Gasteiger partial charge in [0.2, 0.25) is 0 Å². The first kappa shape index (κ1) is 12.8. The number of thiazole rings is 1. The summed E-state index contributed by atoms with van der Waals surface area (Å²) in [6.45, 7) is 2.85. The lowest BCUT2D eigenvalue weighted by Gasteiger charge is -2.15. The predicted octanol–water partition coefficient (Wildman–Crippen LogP) is 4.30. The molecule has 0 saturated carbocycles. The minimum atomic E-state index is 0.156. The van der Waals surface area contributed by atoms with Crippen LogP contribution in [0.15, 0.2) is 29.9 Å². The van der Waals surface area contributed by atoms with Crippen LogP contribution in [0.3, 0.4) is 0 Å². The third-order valence-corrected chi connectivity index (χ3v) is 4.13. The van der Waals surface area contributed by atoms with Crippen LogP contribution in [-0.4, -0.2) is 4.98 Å². The maximum atomic E-state index is 6.17. The Balaban J connectivity index is 2.04. The summed E-state index contributed by atoms with van der Waals surface area (Å²) in [5, 5.41) is 4.61. The molecule has 0 spiro atoms. The number of aromatic nitrogens is 1. The molecule has 2 aromatic rings. The van der Waals surface area contributed by atoms with E-state index < -0.39 is 0 Å². The van der Waals surface area contributed by atoms with Crippen LogP contribution >= 0.6 is 34.5 Å². The van der Waals surface area contributed by atoms with Gasteiger partial charge in [-0.05, 0) is 18.6 Å². The molecule has 1 heterocycles. The van der Waals surface area contributed by atoms with Crippen LogP contribution < -0.4 is 5.32 Å². The molecule has 0 aliphatic carbocycles. The van der Waals surface area contributed by atoms with E-state index in [0.29, 0.717) is 10.0 Å². The van der Waals surface area contributed by atoms with Gasteiger partial charge in [-0.2, -0.15) is 0 Å². The molecule has 1 aromatic carbocycles. The normalized spacial score (nSPS) is 12.6. The fraction of sp³-hybridized carbons (Fsp3) is 0.250. The minimum Gasteiger partial charge on any atom is -0.305 e. The highest BCUT2D eigenvalue weighted by Gasteiger charge is 2.11. The second-order valence-electron chi connectivity index (χ2n) is 3.71. The van der Waals surface area contributed by atoms with Gasteiger partial charge in [0.25, 0.3) is 0 Å². The highest BCUT2D eigenvalue weighted by molar-refractivity contribution is 7.09. The van der Waals surface area contributed by atoms with Gasteiger partial charge in [0.15, 0.2) is 0 Å². The monoisotopic (exact) mass is 286 g/mol. The molecule has 0 saturated heterocycles. The molecule has 1 atom stereocenters. The van der Waals surface area contributed by atoms with Gasteiger partial charge in [0.1, 0.15) is 0 Å². The molecule has 2 nitrogen and oxygen atoms in total. The number of hydrogen-bond donors (Lipinski definition) is 1. The molecule has 2 rings (SSSR count). The van der Waals surface area contributed by atoms with E-state index >= 15 is 0 Å². The van der Waals surface area contributed by atoms with Crippen molar-refractivity contribution >= 4 is 34.5 Å². The molecular formula is C12H12Cl2N2S. The lowest BCUT2D eigenvalue weighted by molar-refractivity contribution is 0.578. The molecule has 0 amide bonds. The Kier molecular flexibility index (Phi) is 4.40. The zero-order chi connectivity index (χ0) is 12.3. The summed E-state index contributed by atoms with van der Waals surface area (Å²) < 4.78 is 0. The van der Waals surface area contributed by atoms with Crippen molar-refractivity contribution in [3.8, 4) is 0 Å². The van der Waals surface area contributed by atoms with Gasteiger partial charge < -0.3 is 5.32 Å². The average Bonchev–Trinajstić information content (AvgIpc) is 2.82. The van der Waals surface area contributed by atoms with E-state index in [-0.39, 0.29) is 6.04 Å². The van der Waals surface area contributed by atoms with Crippen LogP contribution in [0.4, 0.5) is 0 Å². The first-order chi connectivity index (χ1) is 8.18. The second-order valence-corrected chi connectivity index (χ2v) is 5.47. The molecule has 1 N–H and O–H groups in total. The maximum Gasteiger partial charge on any atom is 0.0794 e. The van der Waals surface area contributed by atoms with Crippen molar-refractivity contribution < 1.29 is 0 Å². The van der Waals surface area contributed by atoms with Crippen molar-refractivity contribution in [2.75, 3.05) is 0 Å². The number of nitrogens with one attached hydrogen (secondary N) is 1. The molecular weight excluding hydrogens is 275 g/mol. The van der Waals surface area contributed by atoms with E-state index in [9.17, 15) is 0 Å². The van der Waals surface area contributed by atoms with E-state index in [0.717, 1.165) is 12.1 Å². The van der Waals surface area contributed by atoms with E-state index in [1.54, 1.807) is 17.4 Å². The van der Waals surface area contributed by atoms with Crippen molar-refractivity contribution in [2.24, 2.45) is 0 Å². The van der Waals surface area contributed by atoms with Gasteiger partial charge in [-0.25, -0.2) is 0 Å². The minimum absolute atomic E-state index is 0.156. The summed E-state index contributed by atoms with van der Waals surface area (Å²) in [6.07, 6.45) is 1.87. The number of halogens is 2. The average molecular weight is 287 g/mol. The fourth-order valence-corrected chi connectivity index (χ4v) is 2.56. The first-order valence-electron chi connectivity index (χ1n) is 5.23. The largest absolute Gasteiger partial charge is 0.305 e. The molecule has 0 radical (unpaired) electrons. The number of nitrogens with zero attached hydrogens (tertiary/aromatic N) is 1. The number of benzene rings is 1. The quantitative estimate of drug-likeness (QED) is 0.906. The Bertz CT molecular complexity index is 485. The Morgan fingerprint density at radius 2 is 2.24 bits per heavy atom. The lowest BCUT2D eigenvalue weighted by Crippen LogP contribution is -2.17. The smallest absolute Gasteiger partial charge is 0.0794 e. The van der Waals surface area contributed by atoms with E-state index in [4.69, 9.17) is 23.2 Å². The van der Waals surface area contributed by atoms with Crippen molar-refractivity contribution in [1.29, 1.82) is 0 Å². The van der Waals surface area contributed by atoms with E-state index in [1.165, 1.54) is 4.88 Å². The Labute approximate surface area is 115 Å². The van der Waals surface area contributed by atoms with Crippen LogP contribution in [0, 0.1) is 0 Å². The summed E-state index contributed by atoms with van der Waals surface area (Å²) in [6, 6.07) is 5.85. The van der Waals surface area contributed by atoms with E-state index in [1.807, 2.05) is 23.8 Å². The highest BCUT2D eigenvalue weighted by atomic mass is 35.5. The molecule has 17 heavy (non-hydrogen) atoms. The summed E-state index contributed by atoms with van der Waals surface area (Å²) in [5.74, 6) is 0. The van der Waals surface area contributed by atoms with Gasteiger partial charge in [0, 0.05) is 23.7 Å². The van der Waals surface area contributed by atoms with Crippen molar-refractivity contribution in [1.82, 2.24) is 10.3 Å². The van der Waals surface area contributed by atoms with Gasteiger partial charge in [0.05, 0.1) is 15.6 Å². The standard InChI is InChI=1S/C12H12Cl2N2S/c1-8(16-6-9-5-15-7-17-9)10-3-2-4-11(13)12(10)14/h2-5,7-8,16H,6H2,1H3. The molecule has 0 aliphatic heterocycles. The van der Waals surface area contributed by atoms with Gasteiger partial charge in [-0.15, -0.1) is 11.3 Å². The molecule has 0 aliphatic rings. The zero-order valence-corrected chi connectivity index (χ0v) is 11.6. The fourth-order valence-electron chi connectivity index (χ4n) is 1.55. The molecule has 90 valence electrons. The van der Waals surface area contributed by atoms with Gasteiger partial charge in [-0.1, -0.05) is 35.3 Å². The zero-order valence-electron chi connectivity index (χ0n) is 9.28. The first-order valence-corrected chi connectivity index (χ1v) is 6.86. The summed E-state index contributed by atoms with van der Waals surface area (Å²) in [4.78, 5) is 5.24. The van der Waals surface area contributed by atoms with Gasteiger partial charge >= 0.3 is 0 Å². The molecule has 1 unspecified atom stereocenters. The maximum absolute atomic E-state index is 6.17. The van der Waals surface area contributed by atoms with Crippen molar-refractivity contribution in [2.45, 2.75) is 19.5 Å². The van der Waals surface area contributed by atoms with Crippen molar-refractivity contribution in [3.63, 3.8) is 0 Å². The topological polar surface area (TPSA) is 24.9 Å². The summed E-state index contributed by atoms with van der Waals surface area (Å²) in [7, 11) is 0. The van der Waals surface area contributed by atoms with Gasteiger partial charge in [-0.3, -0.25) is 4.98 Å². The summed E-state index contributed by atoms with van der Waals surface area (Å²) >= 11 is 13.8. The third kappa shape index (κ3) is 3.19. The highest BCUT2D eigenvalue weighted by Crippen LogP contribution is 2.29. The predicted molar refractivity (Wildman–Crippen MR) is 73.8 cm³/mol. The molecule has 1 aromatic heterocycles. The lowest BCUT2D eigenvalue weighted by atomic mass is 10.1. The second kappa shape index (κ2) is 5.83. The molecule has 5 heteroatoms. The Morgan fingerprint density at radius 1 is 1.41 bits per heavy atom.